The first-order chi connectivity index (χ1) is 7.13. The molecule has 1 amide bonds. The molecule has 0 aliphatic rings. The predicted octanol–water partition coefficient (Wildman–Crippen LogP) is 1.45. The minimum Gasteiger partial charge on any atom is -0.350 e. The highest BCUT2D eigenvalue weighted by Crippen LogP contribution is 2.09. The Balaban J connectivity index is 0.00000225. The van der Waals surface area contributed by atoms with Crippen molar-refractivity contribution in [1.82, 2.24) is 10.3 Å². The molecule has 0 atom stereocenters. The van der Waals surface area contributed by atoms with Gasteiger partial charge < -0.3 is 11.1 Å². The number of hydrogen-bond acceptors (Lipinski definition) is 4. The number of hydrogen-bond donors (Lipinski definition) is 2. The third kappa shape index (κ3) is 4.92. The summed E-state index contributed by atoms with van der Waals surface area (Å²) < 4.78 is 0. The Kier molecular flexibility index (Phi) is 7.29. The molecule has 0 bridgehead atoms. The monoisotopic (exact) mass is 263 g/mol. The summed E-state index contributed by atoms with van der Waals surface area (Å²) in [6.45, 7) is 5.37. The Morgan fingerprint density at radius 1 is 1.62 bits per heavy atom. The number of nitrogens with two attached hydrogens (primary N) is 1. The van der Waals surface area contributed by atoms with Crippen molar-refractivity contribution >= 4 is 29.7 Å². The molecule has 0 aromatic carbocycles. The molecule has 4 nitrogen and oxygen atoms in total. The third-order valence-electron chi connectivity index (χ3n) is 1.81. The summed E-state index contributed by atoms with van der Waals surface area (Å²) in [5.41, 5.74) is 5.91. The summed E-state index contributed by atoms with van der Waals surface area (Å²) in [6.07, 6.45) is 0.738. The van der Waals surface area contributed by atoms with Gasteiger partial charge in [0.15, 0.2) is 0 Å². The number of rotatable bonds is 5. The molecule has 3 N–H and O–H groups in total. The molecule has 1 rings (SSSR count). The molecule has 0 spiro atoms. The van der Waals surface area contributed by atoms with E-state index >= 15 is 0 Å². The first-order valence-corrected chi connectivity index (χ1v) is 5.94. The number of amides is 1. The van der Waals surface area contributed by atoms with Gasteiger partial charge in [0.1, 0.15) is 5.69 Å². The first-order valence-electron chi connectivity index (χ1n) is 5.06. The SMILES string of the molecule is CC(C)CNC(=O)c1csc(CCN)n1.Cl. The van der Waals surface area contributed by atoms with Crippen molar-refractivity contribution < 1.29 is 4.79 Å². The zero-order valence-electron chi connectivity index (χ0n) is 9.53. The third-order valence-corrected chi connectivity index (χ3v) is 2.72. The lowest BCUT2D eigenvalue weighted by atomic mass is 10.2. The van der Waals surface area contributed by atoms with E-state index in [0.717, 1.165) is 11.4 Å². The van der Waals surface area contributed by atoms with Crippen LogP contribution < -0.4 is 11.1 Å². The molecule has 6 heteroatoms. The van der Waals surface area contributed by atoms with E-state index < -0.39 is 0 Å². The van der Waals surface area contributed by atoms with Crippen LogP contribution in [0.25, 0.3) is 0 Å². The van der Waals surface area contributed by atoms with Gasteiger partial charge in [-0.3, -0.25) is 4.79 Å². The van der Waals surface area contributed by atoms with Crippen LogP contribution in [0.1, 0.15) is 29.3 Å². The van der Waals surface area contributed by atoms with Crippen LogP contribution in [0.3, 0.4) is 0 Å². The lowest BCUT2D eigenvalue weighted by Crippen LogP contribution is -2.27. The molecule has 0 aliphatic carbocycles. The Morgan fingerprint density at radius 3 is 2.88 bits per heavy atom. The minimum absolute atomic E-state index is 0. The van der Waals surface area contributed by atoms with E-state index in [1.54, 1.807) is 5.38 Å². The number of nitrogens with one attached hydrogen (secondary N) is 1. The minimum atomic E-state index is -0.0942. The van der Waals surface area contributed by atoms with Gasteiger partial charge in [0, 0.05) is 18.3 Å². The van der Waals surface area contributed by atoms with Crippen LogP contribution in [0.5, 0.6) is 0 Å². The van der Waals surface area contributed by atoms with Crippen LogP contribution in [0, 0.1) is 5.92 Å². The van der Waals surface area contributed by atoms with Crippen molar-refractivity contribution in [2.45, 2.75) is 20.3 Å². The molecule has 0 fully saturated rings. The highest BCUT2D eigenvalue weighted by atomic mass is 35.5. The second-order valence-electron chi connectivity index (χ2n) is 3.77. The van der Waals surface area contributed by atoms with Gasteiger partial charge in [-0.05, 0) is 12.5 Å². The summed E-state index contributed by atoms with van der Waals surface area (Å²) in [4.78, 5) is 15.8. The van der Waals surface area contributed by atoms with Crippen LogP contribution in [0.4, 0.5) is 0 Å². The quantitative estimate of drug-likeness (QED) is 0.845. The Morgan fingerprint density at radius 2 is 2.31 bits per heavy atom. The lowest BCUT2D eigenvalue weighted by molar-refractivity contribution is 0.0944. The second kappa shape index (κ2) is 7.60. The molecule has 0 aliphatic heterocycles. The molecule has 0 unspecified atom stereocenters. The number of aromatic nitrogens is 1. The van der Waals surface area contributed by atoms with Crippen molar-refractivity contribution in [2.75, 3.05) is 13.1 Å². The fraction of sp³-hybridized carbons (Fsp3) is 0.600. The molecule has 0 saturated heterocycles. The van der Waals surface area contributed by atoms with Crippen LogP contribution in [0.15, 0.2) is 5.38 Å². The normalized spacial score (nSPS) is 10.0. The van der Waals surface area contributed by atoms with Crippen molar-refractivity contribution in [3.05, 3.63) is 16.1 Å². The van der Waals surface area contributed by atoms with Crippen LogP contribution in [-0.4, -0.2) is 24.0 Å². The fourth-order valence-electron chi connectivity index (χ4n) is 1.04. The van der Waals surface area contributed by atoms with E-state index in [9.17, 15) is 4.79 Å². The van der Waals surface area contributed by atoms with Gasteiger partial charge in [0.25, 0.3) is 5.91 Å². The fourth-order valence-corrected chi connectivity index (χ4v) is 1.84. The first kappa shape index (κ1) is 15.3. The number of halogens is 1. The van der Waals surface area contributed by atoms with E-state index in [0.29, 0.717) is 24.7 Å². The number of nitrogens with zero attached hydrogens (tertiary/aromatic N) is 1. The van der Waals surface area contributed by atoms with E-state index in [2.05, 4.69) is 24.1 Å². The number of carbonyl (C=O) groups excluding carboxylic acids is 1. The Labute approximate surface area is 106 Å². The number of thiazole rings is 1. The molecular formula is C10H18ClN3OS. The van der Waals surface area contributed by atoms with E-state index in [1.165, 1.54) is 11.3 Å². The summed E-state index contributed by atoms with van der Waals surface area (Å²) in [6, 6.07) is 0. The smallest absolute Gasteiger partial charge is 0.270 e. The molecule has 1 heterocycles. The Bertz CT molecular complexity index is 328. The van der Waals surface area contributed by atoms with E-state index in [1.807, 2.05) is 0 Å². The molecule has 16 heavy (non-hydrogen) atoms. The van der Waals surface area contributed by atoms with Gasteiger partial charge in [0.2, 0.25) is 0 Å². The van der Waals surface area contributed by atoms with Gasteiger partial charge >= 0.3 is 0 Å². The van der Waals surface area contributed by atoms with Gasteiger partial charge in [-0.1, -0.05) is 13.8 Å². The average molecular weight is 264 g/mol. The van der Waals surface area contributed by atoms with E-state index in [4.69, 9.17) is 5.73 Å². The van der Waals surface area contributed by atoms with Crippen LogP contribution in [-0.2, 0) is 6.42 Å². The molecule has 1 aromatic rings. The standard InChI is InChI=1S/C10H17N3OS.ClH/c1-7(2)5-12-10(14)8-6-15-9(13-8)3-4-11;/h6-7H,3-5,11H2,1-2H3,(H,12,14);1H. The van der Waals surface area contributed by atoms with Crippen molar-refractivity contribution in [3.8, 4) is 0 Å². The predicted molar refractivity (Wildman–Crippen MR) is 69.3 cm³/mol. The molecule has 1 aromatic heterocycles. The zero-order chi connectivity index (χ0) is 11.3. The number of carbonyl (C=O) groups is 1. The second-order valence-corrected chi connectivity index (χ2v) is 4.71. The van der Waals surface area contributed by atoms with Gasteiger partial charge in [-0.2, -0.15) is 0 Å². The van der Waals surface area contributed by atoms with Crippen molar-refractivity contribution in [1.29, 1.82) is 0 Å². The van der Waals surface area contributed by atoms with E-state index in [-0.39, 0.29) is 18.3 Å². The lowest BCUT2D eigenvalue weighted by Gasteiger charge is -2.05. The highest BCUT2D eigenvalue weighted by Gasteiger charge is 2.10. The van der Waals surface area contributed by atoms with Crippen LogP contribution >= 0.6 is 23.7 Å². The van der Waals surface area contributed by atoms with Gasteiger partial charge in [-0.15, -0.1) is 23.7 Å². The van der Waals surface area contributed by atoms with Crippen molar-refractivity contribution in [2.24, 2.45) is 11.7 Å². The topological polar surface area (TPSA) is 68.0 Å². The molecular weight excluding hydrogens is 246 g/mol. The maximum atomic E-state index is 11.6. The largest absolute Gasteiger partial charge is 0.350 e. The average Bonchev–Trinajstić information content (AvgIpc) is 2.63. The van der Waals surface area contributed by atoms with Gasteiger partial charge in [0.05, 0.1) is 5.01 Å². The summed E-state index contributed by atoms with van der Waals surface area (Å²) in [5, 5.41) is 5.53. The van der Waals surface area contributed by atoms with Crippen LogP contribution in [0.2, 0.25) is 0 Å². The molecule has 92 valence electrons. The molecule has 0 radical (unpaired) electrons. The summed E-state index contributed by atoms with van der Waals surface area (Å²) >= 11 is 1.48. The Hall–Kier alpha value is -0.650. The zero-order valence-corrected chi connectivity index (χ0v) is 11.2. The summed E-state index contributed by atoms with van der Waals surface area (Å²) in [7, 11) is 0. The maximum absolute atomic E-state index is 11.6. The highest BCUT2D eigenvalue weighted by molar-refractivity contribution is 7.09. The molecule has 0 saturated carbocycles. The summed E-state index contributed by atoms with van der Waals surface area (Å²) in [5.74, 6) is 0.360. The van der Waals surface area contributed by atoms with Gasteiger partial charge in [-0.25, -0.2) is 4.98 Å². The maximum Gasteiger partial charge on any atom is 0.270 e. The van der Waals surface area contributed by atoms with Crippen molar-refractivity contribution in [3.63, 3.8) is 0 Å².